The quantitative estimate of drug-likeness (QED) is 0.480. The van der Waals surface area contributed by atoms with Crippen molar-refractivity contribution in [1.82, 2.24) is 0 Å². The van der Waals surface area contributed by atoms with Crippen molar-refractivity contribution < 1.29 is 19.4 Å². The fourth-order valence-corrected chi connectivity index (χ4v) is 3.52. The monoisotopic (exact) mass is 290 g/mol. The molecule has 7 heteroatoms. The van der Waals surface area contributed by atoms with Crippen molar-refractivity contribution in [3.05, 3.63) is 0 Å². The van der Waals surface area contributed by atoms with Gasteiger partial charge in [0.05, 0.1) is 5.75 Å². The molecule has 0 rings (SSSR count). The highest BCUT2D eigenvalue weighted by Crippen LogP contribution is 2.98. The molecule has 0 N–H and O–H groups in total. The summed E-state index contributed by atoms with van der Waals surface area (Å²) < 4.78 is 59.3. The zero-order chi connectivity index (χ0) is 10.8. The molecule has 0 heterocycles. The zero-order valence-electron chi connectivity index (χ0n) is 7.08. The highest BCUT2D eigenvalue weighted by atomic mass is 79.9. The fraction of sp³-hybridized carbons (Fsp3) is 1.00. The lowest BCUT2D eigenvalue weighted by Crippen LogP contribution is -2.19. The van der Waals surface area contributed by atoms with Crippen LogP contribution < -0.4 is 0 Å². The average molecular weight is 291 g/mol. The molecule has 0 aromatic carbocycles. The molecule has 0 aliphatic carbocycles. The van der Waals surface area contributed by atoms with Crippen LogP contribution in [0.15, 0.2) is 0 Å². The van der Waals surface area contributed by atoms with Gasteiger partial charge in [-0.2, -0.15) is 0 Å². The van der Waals surface area contributed by atoms with E-state index in [1.54, 1.807) is 6.92 Å². The van der Waals surface area contributed by atoms with Gasteiger partial charge in [0, 0.05) is 4.83 Å². The molecule has 0 aliphatic heterocycles. The lowest BCUT2D eigenvalue weighted by Gasteiger charge is -2.41. The topological polar surface area (TPSA) is 0 Å². The van der Waals surface area contributed by atoms with E-state index >= 15 is 0 Å². The van der Waals surface area contributed by atoms with Crippen molar-refractivity contribution in [3.63, 3.8) is 0 Å². The van der Waals surface area contributed by atoms with Gasteiger partial charge in [-0.3, -0.25) is 0 Å². The summed E-state index contributed by atoms with van der Waals surface area (Å²) in [6.45, 7) is 1.79. The van der Waals surface area contributed by atoms with Crippen LogP contribution in [0.4, 0.5) is 19.4 Å². The summed E-state index contributed by atoms with van der Waals surface area (Å²) in [5.74, 6) is -2.00. The van der Waals surface area contributed by atoms with Crippen molar-refractivity contribution in [1.29, 1.82) is 0 Å². The van der Waals surface area contributed by atoms with E-state index in [1.807, 2.05) is 0 Å². The van der Waals surface area contributed by atoms with Crippen LogP contribution in [0, 0.1) is 0 Å². The van der Waals surface area contributed by atoms with E-state index in [0.717, 1.165) is 0 Å². The summed E-state index contributed by atoms with van der Waals surface area (Å²) in [7, 11) is -9.21. The van der Waals surface area contributed by atoms with Gasteiger partial charge in [-0.25, -0.2) is 0 Å². The molecule has 0 aromatic rings. The summed E-state index contributed by atoms with van der Waals surface area (Å²) in [6.07, 6.45) is 1.34. The van der Waals surface area contributed by atoms with E-state index in [9.17, 15) is 19.4 Å². The van der Waals surface area contributed by atoms with Crippen molar-refractivity contribution >= 4 is 26.2 Å². The predicted molar refractivity (Wildman–Crippen MR) is 50.2 cm³/mol. The minimum atomic E-state index is -9.21. The van der Waals surface area contributed by atoms with Gasteiger partial charge >= 0.3 is 0 Å². The van der Waals surface area contributed by atoms with Crippen LogP contribution in [-0.4, -0.2) is 10.6 Å². The first-order chi connectivity index (χ1) is 5.43. The number of hydrogen-bond acceptors (Lipinski definition) is 0. The van der Waals surface area contributed by atoms with Gasteiger partial charge in [0.1, 0.15) is 0 Å². The summed E-state index contributed by atoms with van der Waals surface area (Å²) in [5, 5.41) is 0. The van der Waals surface area contributed by atoms with Crippen molar-refractivity contribution in [2.75, 3.05) is 5.75 Å². The summed E-state index contributed by atoms with van der Waals surface area (Å²) in [5.41, 5.74) is 0. The summed E-state index contributed by atoms with van der Waals surface area (Å²) in [4.78, 5) is -1.16. The van der Waals surface area contributed by atoms with E-state index in [2.05, 4.69) is 15.9 Å². The highest BCUT2D eigenvalue weighted by Gasteiger charge is 2.63. The Morgan fingerprint density at radius 2 is 1.62 bits per heavy atom. The van der Waals surface area contributed by atoms with Gasteiger partial charge in [-0.05, 0) is 6.42 Å². The van der Waals surface area contributed by atoms with Crippen molar-refractivity contribution in [2.24, 2.45) is 0 Å². The van der Waals surface area contributed by atoms with Gasteiger partial charge in [-0.15, -0.1) is 0 Å². The predicted octanol–water partition coefficient (Wildman–Crippen LogP) is 5.24. The van der Waals surface area contributed by atoms with Crippen LogP contribution in [0.25, 0.3) is 0 Å². The van der Waals surface area contributed by atoms with Crippen molar-refractivity contribution in [3.8, 4) is 0 Å². The summed E-state index contributed by atoms with van der Waals surface area (Å²) >= 11 is 2.61. The molecule has 84 valence electrons. The minimum Gasteiger partial charge on any atom is -0.0978 e. The van der Waals surface area contributed by atoms with Crippen LogP contribution in [-0.2, 0) is 0 Å². The SMILES string of the molecule is CCCCC(Br)CS(F)(F)(F)(F)F. The van der Waals surface area contributed by atoms with Gasteiger partial charge in [-0.1, -0.05) is 55.1 Å². The van der Waals surface area contributed by atoms with Crippen LogP contribution in [0.5, 0.6) is 0 Å². The smallest absolute Gasteiger partial charge is 0.0978 e. The van der Waals surface area contributed by atoms with Crippen LogP contribution in [0.1, 0.15) is 26.2 Å². The second-order valence-electron chi connectivity index (χ2n) is 3.03. The Kier molecular flexibility index (Phi) is 3.37. The first kappa shape index (κ1) is 13.5. The maximum atomic E-state index is 11.9. The van der Waals surface area contributed by atoms with Crippen molar-refractivity contribution in [2.45, 2.75) is 31.0 Å². The average Bonchev–Trinajstić information content (AvgIpc) is 1.75. The number of hydrogen-bond donors (Lipinski definition) is 0. The molecule has 0 spiro atoms. The molecular weight excluding hydrogens is 279 g/mol. The molecule has 0 saturated carbocycles. The Balaban J connectivity index is 4.14. The van der Waals surface area contributed by atoms with E-state index in [0.29, 0.717) is 12.8 Å². The van der Waals surface area contributed by atoms with Crippen LogP contribution >= 0.6 is 26.2 Å². The van der Waals surface area contributed by atoms with Gasteiger partial charge in [0.25, 0.3) is 10.2 Å². The Hall–Kier alpha value is 0.480. The second kappa shape index (κ2) is 3.25. The molecule has 1 atom stereocenters. The van der Waals surface area contributed by atoms with E-state index < -0.39 is 20.8 Å². The number of rotatable bonds is 5. The molecule has 0 fully saturated rings. The molecule has 0 aliphatic rings. The third kappa shape index (κ3) is 10.4. The normalized spacial score (nSPS) is 20.5. The molecule has 0 amide bonds. The molecule has 13 heavy (non-hydrogen) atoms. The van der Waals surface area contributed by atoms with E-state index in [-0.39, 0.29) is 6.42 Å². The van der Waals surface area contributed by atoms with Gasteiger partial charge in [0.2, 0.25) is 0 Å². The molecule has 0 radical (unpaired) electrons. The Morgan fingerprint density at radius 3 is 1.92 bits per heavy atom. The molecule has 0 bridgehead atoms. The van der Waals surface area contributed by atoms with E-state index in [1.165, 1.54) is 0 Å². The number of halogens is 6. The van der Waals surface area contributed by atoms with Crippen LogP contribution in [0.3, 0.4) is 0 Å². The molecular formula is C6H12BrF5S. The van der Waals surface area contributed by atoms with E-state index in [4.69, 9.17) is 0 Å². The largest absolute Gasteiger partial charge is 0.286 e. The lowest BCUT2D eigenvalue weighted by atomic mass is 10.2. The molecule has 0 saturated heterocycles. The highest BCUT2D eigenvalue weighted by molar-refractivity contribution is 9.09. The Bertz CT molecular complexity index is 172. The molecule has 0 nitrogen and oxygen atoms in total. The second-order valence-corrected chi connectivity index (χ2v) is 6.92. The number of unbranched alkanes of at least 4 members (excludes halogenated alkanes) is 1. The maximum absolute atomic E-state index is 11.9. The third-order valence-electron chi connectivity index (χ3n) is 1.37. The minimum absolute atomic E-state index is 0.127. The number of alkyl halides is 1. The Labute approximate surface area is 82.7 Å². The zero-order valence-corrected chi connectivity index (χ0v) is 9.48. The third-order valence-corrected chi connectivity index (χ3v) is 3.61. The standard InChI is InChI=1S/C6H12BrF5S/c1-2-3-4-6(7)5-13(8,9,10,11)12/h6H,2-5H2,1H3. The first-order valence-electron chi connectivity index (χ1n) is 3.80. The lowest BCUT2D eigenvalue weighted by molar-refractivity contribution is 0.362. The Morgan fingerprint density at radius 1 is 1.15 bits per heavy atom. The maximum Gasteiger partial charge on any atom is 0.286 e. The van der Waals surface area contributed by atoms with Crippen LogP contribution in [0.2, 0.25) is 0 Å². The molecule has 0 aromatic heterocycles. The summed E-state index contributed by atoms with van der Waals surface area (Å²) in [6, 6.07) is 0. The fourth-order valence-electron chi connectivity index (χ4n) is 0.851. The van der Waals surface area contributed by atoms with Gasteiger partial charge < -0.3 is 0 Å². The molecule has 1 unspecified atom stereocenters. The van der Waals surface area contributed by atoms with Gasteiger partial charge in [0.15, 0.2) is 0 Å². The first-order valence-corrected chi connectivity index (χ1v) is 6.84.